The molecule has 2 aliphatic heterocycles. The lowest BCUT2D eigenvalue weighted by molar-refractivity contribution is -0.122. The fourth-order valence-electron chi connectivity index (χ4n) is 5.10. The van der Waals surface area contributed by atoms with Gasteiger partial charge in [0, 0.05) is 47.7 Å². The van der Waals surface area contributed by atoms with Crippen molar-refractivity contribution in [1.82, 2.24) is 14.5 Å². The Balaban J connectivity index is 0.000000775. The second-order valence-electron chi connectivity index (χ2n) is 8.70. The molecule has 4 heterocycles. The first-order valence-corrected chi connectivity index (χ1v) is 11.0. The molecule has 32 heavy (non-hydrogen) atoms. The number of aromatic nitrogens is 2. The molecular weight excluding hydrogens is 428 g/mol. The number of rotatable bonds is 3. The van der Waals surface area contributed by atoms with E-state index in [1.54, 1.807) is 6.07 Å². The number of likely N-dealkylation sites (N-methyl/N-ethyl adjacent to an activating group) is 1. The van der Waals surface area contributed by atoms with Gasteiger partial charge in [0.25, 0.3) is 12.0 Å². The number of hydrogen-bond donors (Lipinski definition) is 1. The minimum Gasteiger partial charge on any atom is -0.483 e. The van der Waals surface area contributed by atoms with Crippen molar-refractivity contribution in [3.8, 4) is 0 Å². The number of nitrogens with zero attached hydrogens (tertiary/aromatic N) is 4. The van der Waals surface area contributed by atoms with Gasteiger partial charge < -0.3 is 19.5 Å². The van der Waals surface area contributed by atoms with Gasteiger partial charge in [0.2, 0.25) is 0 Å². The van der Waals surface area contributed by atoms with Crippen LogP contribution in [0.2, 0.25) is 5.02 Å². The van der Waals surface area contributed by atoms with E-state index in [2.05, 4.69) is 46.7 Å². The van der Waals surface area contributed by atoms with E-state index < -0.39 is 0 Å². The Hall–Kier alpha value is -2.90. The van der Waals surface area contributed by atoms with Gasteiger partial charge in [-0.3, -0.25) is 9.59 Å². The maximum Gasteiger partial charge on any atom is 0.290 e. The highest BCUT2D eigenvalue weighted by molar-refractivity contribution is 6.31. The third kappa shape index (κ3) is 4.36. The molecule has 1 aromatic carbocycles. The lowest BCUT2D eigenvalue weighted by Crippen LogP contribution is -2.51. The van der Waals surface area contributed by atoms with E-state index in [4.69, 9.17) is 26.5 Å². The zero-order valence-corrected chi connectivity index (χ0v) is 18.9. The van der Waals surface area contributed by atoms with Crippen molar-refractivity contribution in [3.05, 3.63) is 69.6 Å². The number of halogens is 1. The molecule has 3 atom stereocenters. The van der Waals surface area contributed by atoms with Gasteiger partial charge in [-0.2, -0.15) is 0 Å². The third-order valence-electron chi connectivity index (χ3n) is 6.31. The second-order valence-corrected chi connectivity index (χ2v) is 9.13. The molecule has 0 spiro atoms. The van der Waals surface area contributed by atoms with Crippen molar-refractivity contribution < 1.29 is 9.90 Å². The Labute approximate surface area is 191 Å². The summed E-state index contributed by atoms with van der Waals surface area (Å²) in [6, 6.07) is 15.9. The molecule has 0 aliphatic carbocycles. The summed E-state index contributed by atoms with van der Waals surface area (Å²) in [6.07, 6.45) is 1.13. The van der Waals surface area contributed by atoms with Crippen LogP contribution in [-0.4, -0.2) is 59.8 Å². The summed E-state index contributed by atoms with van der Waals surface area (Å²) in [7, 11) is 4.16. The van der Waals surface area contributed by atoms with Gasteiger partial charge in [0.15, 0.2) is 0 Å². The van der Waals surface area contributed by atoms with Crippen molar-refractivity contribution in [2.24, 2.45) is 5.92 Å². The van der Waals surface area contributed by atoms with E-state index in [1.807, 2.05) is 24.3 Å². The van der Waals surface area contributed by atoms with E-state index >= 15 is 0 Å². The van der Waals surface area contributed by atoms with Crippen LogP contribution in [0.4, 0.5) is 5.82 Å². The number of hydrogen-bond acceptors (Lipinski definition) is 5. The Kier molecular flexibility index (Phi) is 6.48. The van der Waals surface area contributed by atoms with Crippen molar-refractivity contribution >= 4 is 34.8 Å². The first-order chi connectivity index (χ1) is 15.4. The molecule has 1 N–H and O–H groups in total. The number of fused-ring (bicyclic) bond motifs is 5. The van der Waals surface area contributed by atoms with E-state index in [-0.39, 0.29) is 18.1 Å². The molecule has 0 saturated carbocycles. The van der Waals surface area contributed by atoms with Crippen LogP contribution in [0.25, 0.3) is 10.9 Å². The molecule has 2 aliphatic rings. The highest BCUT2D eigenvalue weighted by Crippen LogP contribution is 2.42. The van der Waals surface area contributed by atoms with Crippen LogP contribution in [0.1, 0.15) is 24.1 Å². The van der Waals surface area contributed by atoms with E-state index in [0.717, 1.165) is 53.5 Å². The van der Waals surface area contributed by atoms with Crippen LogP contribution in [-0.2, 0) is 4.79 Å². The van der Waals surface area contributed by atoms with Crippen LogP contribution in [0, 0.1) is 5.92 Å². The van der Waals surface area contributed by atoms with Gasteiger partial charge in [-0.05, 0) is 62.8 Å². The number of carboxylic acid groups (broad SMARTS) is 1. The minimum atomic E-state index is -0.250. The minimum absolute atomic E-state index is 0.123. The van der Waals surface area contributed by atoms with Crippen molar-refractivity contribution in [1.29, 1.82) is 0 Å². The largest absolute Gasteiger partial charge is 0.483 e. The zero-order valence-electron chi connectivity index (χ0n) is 18.2. The first kappa shape index (κ1) is 22.3. The molecule has 168 valence electrons. The summed E-state index contributed by atoms with van der Waals surface area (Å²) in [5.41, 5.74) is 2.25. The molecule has 5 rings (SSSR count). The molecule has 3 aromatic rings. The standard InChI is InChI=1S/C23H25ClN4O.CH2O2/c1-26(2)14-21-17-10-16(20-4-3-5-23(29)28(20)21)12-27(13-17)22-9-6-15-11-18(24)7-8-19(15)25-22;2-1-3/h3-9,11,16-17,21H,10,12-14H2,1-2H3;1H,(H,2,3)/t16-,17+,21+;/m1./s1. The number of benzene rings is 1. The van der Waals surface area contributed by atoms with E-state index in [0.29, 0.717) is 11.8 Å². The predicted octanol–water partition coefficient (Wildman–Crippen LogP) is 3.48. The number of carbonyl (C=O) groups is 1. The Morgan fingerprint density at radius 3 is 2.72 bits per heavy atom. The lowest BCUT2D eigenvalue weighted by atomic mass is 9.78. The SMILES string of the molecule is CN(C)C[C@H]1[C@H]2C[C@H](CN(c3ccc4cc(Cl)ccc4n3)C2)c2cccc(=O)n21.O=CO. The fourth-order valence-corrected chi connectivity index (χ4v) is 5.28. The number of pyridine rings is 2. The van der Waals surface area contributed by atoms with Gasteiger partial charge >= 0.3 is 0 Å². The quantitative estimate of drug-likeness (QED) is 0.610. The Morgan fingerprint density at radius 1 is 1.19 bits per heavy atom. The summed E-state index contributed by atoms with van der Waals surface area (Å²) >= 11 is 6.12. The van der Waals surface area contributed by atoms with Crippen LogP contribution in [0.3, 0.4) is 0 Å². The Bertz CT molecular complexity index is 1180. The highest BCUT2D eigenvalue weighted by Gasteiger charge is 2.41. The molecular formula is C24H27ClN4O3. The first-order valence-electron chi connectivity index (χ1n) is 10.7. The number of piperidine rings is 1. The van der Waals surface area contributed by atoms with Crippen molar-refractivity contribution in [2.75, 3.05) is 38.6 Å². The fraction of sp³-hybridized carbons (Fsp3) is 0.375. The van der Waals surface area contributed by atoms with E-state index in [9.17, 15) is 4.79 Å². The normalized spacial score (nSPS) is 21.6. The summed E-state index contributed by atoms with van der Waals surface area (Å²) in [5.74, 6) is 1.78. The molecule has 8 heteroatoms. The smallest absolute Gasteiger partial charge is 0.290 e. The van der Waals surface area contributed by atoms with Crippen LogP contribution >= 0.6 is 11.6 Å². The van der Waals surface area contributed by atoms with Gasteiger partial charge in [-0.25, -0.2) is 4.98 Å². The molecule has 0 amide bonds. The predicted molar refractivity (Wildman–Crippen MR) is 127 cm³/mol. The van der Waals surface area contributed by atoms with Crippen LogP contribution < -0.4 is 10.5 Å². The van der Waals surface area contributed by atoms with Gasteiger partial charge in [0.05, 0.1) is 11.6 Å². The molecule has 1 saturated heterocycles. The highest BCUT2D eigenvalue weighted by atomic mass is 35.5. The van der Waals surface area contributed by atoms with Gasteiger partial charge in [-0.15, -0.1) is 0 Å². The average molecular weight is 455 g/mol. The zero-order chi connectivity index (χ0) is 22.8. The maximum absolute atomic E-state index is 12.7. The van der Waals surface area contributed by atoms with E-state index in [1.165, 1.54) is 0 Å². The molecule has 0 radical (unpaired) electrons. The summed E-state index contributed by atoms with van der Waals surface area (Å²) in [4.78, 5) is 30.6. The van der Waals surface area contributed by atoms with Crippen molar-refractivity contribution in [2.45, 2.75) is 18.4 Å². The molecule has 1 fully saturated rings. The topological polar surface area (TPSA) is 78.7 Å². The van der Waals surface area contributed by atoms with Gasteiger partial charge in [0.1, 0.15) is 5.82 Å². The second kappa shape index (κ2) is 9.30. The monoisotopic (exact) mass is 454 g/mol. The maximum atomic E-state index is 12.7. The molecule has 7 nitrogen and oxygen atoms in total. The third-order valence-corrected chi connectivity index (χ3v) is 6.55. The summed E-state index contributed by atoms with van der Waals surface area (Å²) in [6.45, 7) is 2.43. The summed E-state index contributed by atoms with van der Waals surface area (Å²) in [5, 5.41) is 8.67. The van der Waals surface area contributed by atoms with Crippen LogP contribution in [0.5, 0.6) is 0 Å². The Morgan fingerprint density at radius 2 is 1.97 bits per heavy atom. The van der Waals surface area contributed by atoms with Crippen LogP contribution in [0.15, 0.2) is 53.3 Å². The van der Waals surface area contributed by atoms with Gasteiger partial charge in [-0.1, -0.05) is 17.7 Å². The lowest BCUT2D eigenvalue weighted by Gasteiger charge is -2.48. The molecule has 2 bridgehead atoms. The van der Waals surface area contributed by atoms with Crippen molar-refractivity contribution in [3.63, 3.8) is 0 Å². The molecule has 0 unspecified atom stereocenters. The summed E-state index contributed by atoms with van der Waals surface area (Å²) < 4.78 is 2.06. The average Bonchev–Trinajstić information content (AvgIpc) is 2.76. The number of anilines is 1. The molecule has 2 aromatic heterocycles.